The third-order valence-electron chi connectivity index (χ3n) is 6.73. The van der Waals surface area contributed by atoms with Crippen LogP contribution in [0, 0.1) is 35.5 Å². The largest absolute Gasteiger partial charge is 0.324 e. The highest BCUT2D eigenvalue weighted by Crippen LogP contribution is 2.65. The van der Waals surface area contributed by atoms with E-state index in [1.807, 2.05) is 31.2 Å². The molecule has 3 amide bonds. The van der Waals surface area contributed by atoms with Crippen LogP contribution in [0.2, 0.25) is 0 Å². The lowest BCUT2D eigenvalue weighted by Gasteiger charge is -2.37. The second-order valence-corrected chi connectivity index (χ2v) is 7.98. The molecule has 1 heterocycles. The van der Waals surface area contributed by atoms with Gasteiger partial charge in [0.25, 0.3) is 0 Å². The number of allylic oxidation sites excluding steroid dienone is 2. The molecule has 5 nitrogen and oxygen atoms in total. The molecule has 6 atom stereocenters. The number of hydrogen-bond donors (Lipinski definition) is 1. The van der Waals surface area contributed by atoms with E-state index in [0.717, 1.165) is 24.1 Å². The van der Waals surface area contributed by atoms with Crippen LogP contribution in [0.25, 0.3) is 0 Å². The molecule has 26 heavy (non-hydrogen) atoms. The minimum Gasteiger partial charge on any atom is -0.324 e. The van der Waals surface area contributed by atoms with Gasteiger partial charge in [0.2, 0.25) is 17.7 Å². The Morgan fingerprint density at radius 2 is 1.69 bits per heavy atom. The van der Waals surface area contributed by atoms with Gasteiger partial charge in [-0.25, -0.2) is 0 Å². The van der Waals surface area contributed by atoms with Crippen molar-refractivity contribution < 1.29 is 14.4 Å². The van der Waals surface area contributed by atoms with E-state index in [9.17, 15) is 14.4 Å². The molecule has 1 N–H and O–H groups in total. The van der Waals surface area contributed by atoms with Crippen LogP contribution in [0.15, 0.2) is 36.4 Å². The standard InChI is InChI=1S/C21H22N2O3/c1-2-11-5-3-4-6-16(11)22-17(24)10-23-20(25)18-12-7-8-13(15-9-14(12)15)19(18)21(23)26/h3-8,12-15,18-19H,2,9-10H2,1H3,(H,22,24). The zero-order valence-corrected chi connectivity index (χ0v) is 14.7. The summed E-state index contributed by atoms with van der Waals surface area (Å²) in [6.45, 7) is 1.84. The SMILES string of the molecule is CCc1ccccc1NC(=O)CN1C(=O)C2C3C=CC(C4CC34)C2C1=O. The highest BCUT2D eigenvalue weighted by molar-refractivity contribution is 6.09. The molecular formula is C21H22N2O3. The first-order valence-corrected chi connectivity index (χ1v) is 9.51. The number of para-hydroxylation sites is 1. The van der Waals surface area contributed by atoms with Crippen molar-refractivity contribution in [1.29, 1.82) is 0 Å². The summed E-state index contributed by atoms with van der Waals surface area (Å²) in [5, 5.41) is 2.87. The molecule has 1 saturated heterocycles. The predicted octanol–water partition coefficient (Wildman–Crippen LogP) is 2.24. The second-order valence-electron chi connectivity index (χ2n) is 7.98. The summed E-state index contributed by atoms with van der Waals surface area (Å²) in [6, 6.07) is 7.61. The van der Waals surface area contributed by atoms with Crippen molar-refractivity contribution >= 4 is 23.4 Å². The number of anilines is 1. The topological polar surface area (TPSA) is 66.5 Å². The Labute approximate surface area is 152 Å². The average Bonchev–Trinajstić information content (AvgIpc) is 3.43. The number of nitrogens with zero attached hydrogens (tertiary/aromatic N) is 1. The number of imide groups is 1. The fourth-order valence-electron chi connectivity index (χ4n) is 5.46. The molecule has 134 valence electrons. The van der Waals surface area contributed by atoms with Gasteiger partial charge in [0.1, 0.15) is 6.54 Å². The van der Waals surface area contributed by atoms with Crippen LogP contribution in [0.5, 0.6) is 0 Å². The molecule has 6 rings (SSSR count). The van der Waals surface area contributed by atoms with Crippen LogP contribution in [0.3, 0.4) is 0 Å². The van der Waals surface area contributed by atoms with E-state index in [2.05, 4.69) is 17.5 Å². The summed E-state index contributed by atoms with van der Waals surface area (Å²) in [6.07, 6.45) is 6.24. The first-order chi connectivity index (χ1) is 12.6. The van der Waals surface area contributed by atoms with E-state index < -0.39 is 0 Å². The second kappa shape index (κ2) is 5.53. The van der Waals surface area contributed by atoms with E-state index in [-0.39, 0.29) is 47.9 Å². The van der Waals surface area contributed by atoms with Gasteiger partial charge in [-0.2, -0.15) is 0 Å². The minimum atomic E-state index is -0.309. The molecule has 2 bridgehead atoms. The monoisotopic (exact) mass is 350 g/mol. The van der Waals surface area contributed by atoms with Crippen LogP contribution in [-0.4, -0.2) is 29.2 Å². The zero-order chi connectivity index (χ0) is 18.0. The summed E-state index contributed by atoms with van der Waals surface area (Å²) in [5.41, 5.74) is 1.79. The summed E-state index contributed by atoms with van der Waals surface area (Å²) >= 11 is 0. The molecule has 4 aliphatic carbocycles. The van der Waals surface area contributed by atoms with Crippen LogP contribution in [-0.2, 0) is 20.8 Å². The van der Waals surface area contributed by atoms with E-state index in [1.165, 1.54) is 4.90 Å². The Hall–Kier alpha value is -2.43. The smallest absolute Gasteiger partial charge is 0.244 e. The first kappa shape index (κ1) is 15.8. The molecule has 3 fully saturated rings. The zero-order valence-electron chi connectivity index (χ0n) is 14.7. The van der Waals surface area contributed by atoms with Crippen LogP contribution in [0.1, 0.15) is 18.9 Å². The normalized spacial score (nSPS) is 36.1. The molecule has 0 radical (unpaired) electrons. The maximum absolute atomic E-state index is 12.9. The number of rotatable bonds is 4. The number of carbonyl (C=O) groups is 3. The Balaban J connectivity index is 1.33. The summed E-state index contributed by atoms with van der Waals surface area (Å²) < 4.78 is 0. The maximum atomic E-state index is 12.9. The van der Waals surface area contributed by atoms with Gasteiger partial charge in [-0.15, -0.1) is 0 Å². The fraction of sp³-hybridized carbons (Fsp3) is 0.476. The van der Waals surface area contributed by atoms with Gasteiger partial charge in [0.05, 0.1) is 11.8 Å². The number of aryl methyl sites for hydroxylation is 1. The lowest BCUT2D eigenvalue weighted by atomic mass is 9.63. The van der Waals surface area contributed by atoms with Crippen molar-refractivity contribution in [2.45, 2.75) is 19.8 Å². The Kier molecular flexibility index (Phi) is 3.36. The summed E-state index contributed by atoms with van der Waals surface area (Å²) in [4.78, 5) is 39.5. The number of nitrogens with one attached hydrogen (secondary N) is 1. The third kappa shape index (κ3) is 2.12. The molecule has 0 spiro atoms. The van der Waals surface area contributed by atoms with Gasteiger partial charge in [0, 0.05) is 5.69 Å². The van der Waals surface area contributed by atoms with Gasteiger partial charge in [-0.1, -0.05) is 37.3 Å². The molecular weight excluding hydrogens is 328 g/mol. The highest BCUT2D eigenvalue weighted by atomic mass is 16.2. The number of benzene rings is 1. The maximum Gasteiger partial charge on any atom is 0.244 e. The van der Waals surface area contributed by atoms with Gasteiger partial charge in [-0.3, -0.25) is 19.3 Å². The molecule has 1 aliphatic heterocycles. The van der Waals surface area contributed by atoms with Crippen molar-refractivity contribution in [2.75, 3.05) is 11.9 Å². The molecule has 5 heteroatoms. The lowest BCUT2D eigenvalue weighted by Crippen LogP contribution is -2.40. The Morgan fingerprint density at radius 3 is 2.31 bits per heavy atom. The van der Waals surface area contributed by atoms with Crippen molar-refractivity contribution in [1.82, 2.24) is 4.90 Å². The first-order valence-electron chi connectivity index (χ1n) is 9.51. The minimum absolute atomic E-state index is 0.149. The molecule has 0 aromatic heterocycles. The molecule has 6 unspecified atom stereocenters. The third-order valence-corrected chi connectivity index (χ3v) is 6.73. The Bertz CT molecular complexity index is 809. The fourth-order valence-corrected chi connectivity index (χ4v) is 5.46. The van der Waals surface area contributed by atoms with E-state index >= 15 is 0 Å². The van der Waals surface area contributed by atoms with Crippen molar-refractivity contribution in [2.24, 2.45) is 35.5 Å². The quantitative estimate of drug-likeness (QED) is 0.669. The predicted molar refractivity (Wildman–Crippen MR) is 95.9 cm³/mol. The van der Waals surface area contributed by atoms with Crippen LogP contribution in [0.4, 0.5) is 5.69 Å². The van der Waals surface area contributed by atoms with Gasteiger partial charge >= 0.3 is 0 Å². The molecule has 1 aromatic carbocycles. The van der Waals surface area contributed by atoms with Crippen LogP contribution >= 0.6 is 0 Å². The Morgan fingerprint density at radius 1 is 1.08 bits per heavy atom. The van der Waals surface area contributed by atoms with Crippen molar-refractivity contribution in [3.8, 4) is 0 Å². The number of amides is 3. The molecule has 1 aromatic rings. The van der Waals surface area contributed by atoms with E-state index in [1.54, 1.807) is 0 Å². The van der Waals surface area contributed by atoms with Crippen LogP contribution < -0.4 is 5.32 Å². The summed E-state index contributed by atoms with van der Waals surface area (Å²) in [7, 11) is 0. The van der Waals surface area contributed by atoms with Gasteiger partial charge in [0.15, 0.2) is 0 Å². The number of likely N-dealkylation sites (tertiary alicyclic amines) is 1. The number of carbonyl (C=O) groups excluding carboxylic acids is 3. The van der Waals surface area contributed by atoms with Crippen molar-refractivity contribution in [3.63, 3.8) is 0 Å². The van der Waals surface area contributed by atoms with Gasteiger partial charge < -0.3 is 5.32 Å². The van der Waals surface area contributed by atoms with E-state index in [0.29, 0.717) is 11.8 Å². The lowest BCUT2D eigenvalue weighted by molar-refractivity contribution is -0.142. The average molecular weight is 350 g/mol. The summed E-state index contributed by atoms with van der Waals surface area (Å²) in [5.74, 6) is 0.458. The van der Waals surface area contributed by atoms with Crippen molar-refractivity contribution in [3.05, 3.63) is 42.0 Å². The molecule has 2 saturated carbocycles. The highest BCUT2D eigenvalue weighted by Gasteiger charge is 2.67. The number of hydrogen-bond acceptors (Lipinski definition) is 3. The molecule has 5 aliphatic rings. The van der Waals surface area contributed by atoms with Gasteiger partial charge in [-0.05, 0) is 48.1 Å². The van der Waals surface area contributed by atoms with E-state index in [4.69, 9.17) is 0 Å².